The van der Waals surface area contributed by atoms with Crippen molar-refractivity contribution in [3.8, 4) is 0 Å². The summed E-state index contributed by atoms with van der Waals surface area (Å²) in [5.74, 6) is 0. The van der Waals surface area contributed by atoms with E-state index in [4.69, 9.17) is 0 Å². The van der Waals surface area contributed by atoms with Gasteiger partial charge in [0.15, 0.2) is 0 Å². The van der Waals surface area contributed by atoms with E-state index < -0.39 is 0 Å². The van der Waals surface area contributed by atoms with Crippen LogP contribution in [-0.2, 0) is 6.42 Å². The number of nitrogens with zero attached hydrogens (tertiary/aromatic N) is 1. The third kappa shape index (κ3) is 1.49. The van der Waals surface area contributed by atoms with E-state index in [2.05, 4.69) is 52.1 Å². The number of halogens is 1. The minimum Gasteiger partial charge on any atom is -0.363 e. The lowest BCUT2D eigenvalue weighted by atomic mass is 10.1. The first-order chi connectivity index (χ1) is 7.66. The Morgan fingerprint density at radius 2 is 2.19 bits per heavy atom. The topological polar surface area (TPSA) is 15.3 Å². The van der Waals surface area contributed by atoms with Crippen LogP contribution in [0.3, 0.4) is 0 Å². The lowest BCUT2D eigenvalue weighted by Gasteiger charge is -2.38. The summed E-state index contributed by atoms with van der Waals surface area (Å²) in [7, 11) is 0. The quantitative estimate of drug-likeness (QED) is 0.786. The minimum absolute atomic E-state index is 0.612. The van der Waals surface area contributed by atoms with Crippen LogP contribution in [0, 0.1) is 6.92 Å². The molecule has 1 saturated heterocycles. The molecule has 0 saturated carbocycles. The Balaban J connectivity index is 2.06. The molecule has 1 N–H and O–H groups in total. The van der Waals surface area contributed by atoms with Gasteiger partial charge in [-0.25, -0.2) is 0 Å². The maximum Gasteiger partial charge on any atom is 0.0459 e. The highest BCUT2D eigenvalue weighted by Gasteiger charge is 2.35. The standard InChI is InChI=1S/C13H17BrN2/c1-8-3-13-10(5-12(8)14)4-11-7-15-6-9(2)16(11)13/h3,5,9,11,15H,4,6-7H2,1-2H3/t9-,11-/m1/s1. The van der Waals surface area contributed by atoms with Gasteiger partial charge < -0.3 is 10.2 Å². The van der Waals surface area contributed by atoms with E-state index >= 15 is 0 Å². The van der Waals surface area contributed by atoms with Gasteiger partial charge in [-0.2, -0.15) is 0 Å². The van der Waals surface area contributed by atoms with E-state index in [1.807, 2.05) is 0 Å². The Hall–Kier alpha value is -0.540. The second kappa shape index (κ2) is 3.74. The molecule has 1 aromatic carbocycles. The SMILES string of the molecule is Cc1cc2c(cc1Br)C[C@@H]1CNC[C@@H](C)N21. The summed E-state index contributed by atoms with van der Waals surface area (Å²) in [5.41, 5.74) is 4.29. The zero-order valence-electron chi connectivity index (χ0n) is 9.76. The highest BCUT2D eigenvalue weighted by atomic mass is 79.9. The van der Waals surface area contributed by atoms with Gasteiger partial charge in [0.1, 0.15) is 0 Å². The number of nitrogens with one attached hydrogen (secondary N) is 1. The van der Waals surface area contributed by atoms with Crippen LogP contribution in [-0.4, -0.2) is 25.2 Å². The lowest BCUT2D eigenvalue weighted by molar-refractivity contribution is 0.430. The summed E-state index contributed by atoms with van der Waals surface area (Å²) in [6.07, 6.45) is 1.19. The van der Waals surface area contributed by atoms with Crippen LogP contribution in [0.5, 0.6) is 0 Å². The number of hydrogen-bond acceptors (Lipinski definition) is 2. The summed E-state index contributed by atoms with van der Waals surface area (Å²) in [4.78, 5) is 2.60. The van der Waals surface area contributed by atoms with E-state index in [1.165, 1.54) is 27.7 Å². The van der Waals surface area contributed by atoms with Crippen LogP contribution in [0.2, 0.25) is 0 Å². The molecule has 2 aliphatic heterocycles. The van der Waals surface area contributed by atoms with Crippen LogP contribution < -0.4 is 10.2 Å². The maximum atomic E-state index is 3.63. The zero-order chi connectivity index (χ0) is 11.3. The number of hydrogen-bond donors (Lipinski definition) is 1. The van der Waals surface area contributed by atoms with Crippen molar-refractivity contribution < 1.29 is 0 Å². The van der Waals surface area contributed by atoms with Gasteiger partial charge >= 0.3 is 0 Å². The van der Waals surface area contributed by atoms with Gasteiger partial charge in [-0.05, 0) is 43.5 Å². The van der Waals surface area contributed by atoms with Gasteiger partial charge in [0.05, 0.1) is 0 Å². The number of anilines is 1. The minimum atomic E-state index is 0.612. The molecule has 0 aromatic heterocycles. The van der Waals surface area contributed by atoms with Crippen LogP contribution in [0.4, 0.5) is 5.69 Å². The Labute approximate surface area is 105 Å². The van der Waals surface area contributed by atoms with E-state index in [-0.39, 0.29) is 0 Å². The first-order valence-corrected chi connectivity index (χ1v) is 6.74. The molecule has 86 valence electrons. The third-order valence-electron chi connectivity index (χ3n) is 3.78. The predicted octanol–water partition coefficient (Wildman–Crippen LogP) is 2.48. The first-order valence-electron chi connectivity index (χ1n) is 5.95. The van der Waals surface area contributed by atoms with Gasteiger partial charge in [0.2, 0.25) is 0 Å². The van der Waals surface area contributed by atoms with Gasteiger partial charge in [-0.15, -0.1) is 0 Å². The fourth-order valence-electron chi connectivity index (χ4n) is 2.99. The third-order valence-corrected chi connectivity index (χ3v) is 4.64. The first kappa shape index (κ1) is 10.6. The van der Waals surface area contributed by atoms with Crippen molar-refractivity contribution in [3.05, 3.63) is 27.7 Å². The molecular weight excluding hydrogens is 264 g/mol. The molecule has 1 fully saturated rings. The van der Waals surface area contributed by atoms with Crippen molar-refractivity contribution >= 4 is 21.6 Å². The average Bonchev–Trinajstić information content (AvgIpc) is 2.58. The Morgan fingerprint density at radius 3 is 3.00 bits per heavy atom. The molecular formula is C13H17BrN2. The van der Waals surface area contributed by atoms with Crippen molar-refractivity contribution in [1.82, 2.24) is 5.32 Å². The van der Waals surface area contributed by atoms with Crippen LogP contribution >= 0.6 is 15.9 Å². The molecule has 1 aromatic rings. The maximum absolute atomic E-state index is 3.63. The van der Waals surface area contributed by atoms with E-state index in [1.54, 1.807) is 0 Å². The van der Waals surface area contributed by atoms with E-state index in [0.717, 1.165) is 13.1 Å². The molecule has 2 heterocycles. The molecule has 0 radical (unpaired) electrons. The van der Waals surface area contributed by atoms with Gasteiger partial charge in [0.25, 0.3) is 0 Å². The van der Waals surface area contributed by atoms with Crippen molar-refractivity contribution in [2.45, 2.75) is 32.4 Å². The lowest BCUT2D eigenvalue weighted by Crippen LogP contribution is -2.54. The van der Waals surface area contributed by atoms with Gasteiger partial charge in [0, 0.05) is 35.3 Å². The molecule has 2 atom stereocenters. The molecule has 0 amide bonds. The van der Waals surface area contributed by atoms with Gasteiger partial charge in [-0.3, -0.25) is 0 Å². The number of benzene rings is 1. The van der Waals surface area contributed by atoms with E-state index in [9.17, 15) is 0 Å². The molecule has 3 rings (SSSR count). The second-order valence-electron chi connectivity index (χ2n) is 5.00. The smallest absolute Gasteiger partial charge is 0.0459 e. The summed E-state index contributed by atoms with van der Waals surface area (Å²) in [5, 5.41) is 3.52. The molecule has 2 nitrogen and oxygen atoms in total. The molecule has 0 spiro atoms. The summed E-state index contributed by atoms with van der Waals surface area (Å²) >= 11 is 3.63. The largest absolute Gasteiger partial charge is 0.363 e. The summed E-state index contributed by atoms with van der Waals surface area (Å²) in [6, 6.07) is 5.91. The number of aryl methyl sites for hydroxylation is 1. The summed E-state index contributed by atoms with van der Waals surface area (Å²) < 4.78 is 1.24. The molecule has 16 heavy (non-hydrogen) atoms. The summed E-state index contributed by atoms with van der Waals surface area (Å²) in [6.45, 7) is 6.71. The van der Waals surface area contributed by atoms with Crippen LogP contribution in [0.25, 0.3) is 0 Å². The molecule has 0 bridgehead atoms. The van der Waals surface area contributed by atoms with Crippen molar-refractivity contribution in [2.75, 3.05) is 18.0 Å². The predicted molar refractivity (Wildman–Crippen MR) is 71.2 cm³/mol. The van der Waals surface area contributed by atoms with Crippen LogP contribution in [0.1, 0.15) is 18.1 Å². The number of piperazine rings is 1. The Kier molecular flexibility index (Phi) is 2.48. The molecule has 0 unspecified atom stereocenters. The van der Waals surface area contributed by atoms with Crippen LogP contribution in [0.15, 0.2) is 16.6 Å². The monoisotopic (exact) mass is 280 g/mol. The van der Waals surface area contributed by atoms with Crippen molar-refractivity contribution in [2.24, 2.45) is 0 Å². The number of rotatable bonds is 0. The molecule has 2 aliphatic rings. The zero-order valence-corrected chi connectivity index (χ0v) is 11.3. The van der Waals surface area contributed by atoms with E-state index in [0.29, 0.717) is 12.1 Å². The Morgan fingerprint density at radius 1 is 1.38 bits per heavy atom. The molecule has 0 aliphatic carbocycles. The van der Waals surface area contributed by atoms with Crippen molar-refractivity contribution in [1.29, 1.82) is 0 Å². The highest BCUT2D eigenvalue weighted by molar-refractivity contribution is 9.10. The fraction of sp³-hybridized carbons (Fsp3) is 0.538. The highest BCUT2D eigenvalue weighted by Crippen LogP contribution is 2.38. The second-order valence-corrected chi connectivity index (χ2v) is 5.86. The van der Waals surface area contributed by atoms with Gasteiger partial charge in [-0.1, -0.05) is 15.9 Å². The molecule has 3 heteroatoms. The average molecular weight is 281 g/mol. The fourth-order valence-corrected chi connectivity index (χ4v) is 3.38. The van der Waals surface area contributed by atoms with Crippen molar-refractivity contribution in [3.63, 3.8) is 0 Å². The number of fused-ring (bicyclic) bond motifs is 3. The Bertz CT molecular complexity index is 430. The normalized spacial score (nSPS) is 27.8.